The number of ether oxygens (including phenoxy) is 2. The topological polar surface area (TPSA) is 105 Å². The van der Waals surface area contributed by atoms with E-state index in [1.54, 1.807) is 24.3 Å². The average Bonchev–Trinajstić information content (AvgIpc) is 2.76. The number of likely N-dealkylation sites (tertiary alicyclic amines) is 1. The molecule has 0 aliphatic carbocycles. The van der Waals surface area contributed by atoms with Crippen molar-refractivity contribution in [1.82, 2.24) is 9.80 Å². The smallest absolute Gasteiger partial charge is 0.422 e. The van der Waals surface area contributed by atoms with Gasteiger partial charge in [0.2, 0.25) is 5.91 Å². The van der Waals surface area contributed by atoms with Crippen molar-refractivity contribution in [1.29, 1.82) is 0 Å². The quantitative estimate of drug-likeness (QED) is 0.586. The van der Waals surface area contributed by atoms with Crippen molar-refractivity contribution in [3.63, 3.8) is 0 Å². The normalized spacial score (nSPS) is 14.4. The number of benzene rings is 1. The molecule has 0 bridgehead atoms. The van der Waals surface area contributed by atoms with Gasteiger partial charge in [0.15, 0.2) is 13.2 Å². The molecule has 1 aliphatic rings. The Morgan fingerprint density at radius 2 is 1.79 bits per heavy atom. The predicted molar refractivity (Wildman–Crippen MR) is 110 cm³/mol. The fourth-order valence-corrected chi connectivity index (χ4v) is 3.13. The number of rotatable bonds is 7. The first kappa shape index (κ1) is 26.2. The van der Waals surface area contributed by atoms with Crippen LogP contribution >= 0.6 is 11.6 Å². The van der Waals surface area contributed by atoms with Crippen LogP contribution in [0.15, 0.2) is 24.3 Å². The standard InChI is InChI=1S/C20H23ClF3N3O6/c1-26(10-16(28)25-15-5-3-2-4-14(15)21)17(29)11-32-18(30)13-6-8-27(9-7-13)19(31)33-12-20(22,23)24/h2-5,13H,6-12H2,1H3,(H,25,28). The maximum atomic E-state index is 12.2. The maximum absolute atomic E-state index is 12.2. The lowest BCUT2D eigenvalue weighted by Gasteiger charge is -2.30. The number of alkyl halides is 3. The highest BCUT2D eigenvalue weighted by molar-refractivity contribution is 6.33. The molecule has 1 heterocycles. The third-order valence-electron chi connectivity index (χ3n) is 4.74. The molecule has 0 spiro atoms. The van der Waals surface area contributed by atoms with E-state index in [9.17, 15) is 32.3 Å². The van der Waals surface area contributed by atoms with Crippen molar-refractivity contribution in [3.05, 3.63) is 29.3 Å². The van der Waals surface area contributed by atoms with Gasteiger partial charge in [-0.3, -0.25) is 14.4 Å². The molecule has 3 amide bonds. The third kappa shape index (κ3) is 8.79. The minimum atomic E-state index is -4.62. The third-order valence-corrected chi connectivity index (χ3v) is 5.07. The summed E-state index contributed by atoms with van der Waals surface area (Å²) in [6.45, 7) is -2.51. The summed E-state index contributed by atoms with van der Waals surface area (Å²) in [5, 5.41) is 2.91. The largest absolute Gasteiger partial charge is 0.455 e. The summed E-state index contributed by atoms with van der Waals surface area (Å²) in [4.78, 5) is 50.2. The number of nitrogens with zero attached hydrogens (tertiary/aromatic N) is 2. The second-order valence-electron chi connectivity index (χ2n) is 7.32. The van der Waals surface area contributed by atoms with E-state index < -0.39 is 49.2 Å². The molecular formula is C20H23ClF3N3O6. The minimum Gasteiger partial charge on any atom is -0.455 e. The van der Waals surface area contributed by atoms with E-state index in [0.29, 0.717) is 10.7 Å². The second kappa shape index (κ2) is 11.7. The van der Waals surface area contributed by atoms with Crippen LogP contribution in [0.1, 0.15) is 12.8 Å². The highest BCUT2D eigenvalue weighted by Gasteiger charge is 2.33. The molecule has 1 fully saturated rings. The van der Waals surface area contributed by atoms with Crippen molar-refractivity contribution in [2.75, 3.05) is 45.2 Å². The van der Waals surface area contributed by atoms with Crippen molar-refractivity contribution in [2.24, 2.45) is 5.92 Å². The van der Waals surface area contributed by atoms with E-state index in [1.165, 1.54) is 7.05 Å². The number of nitrogens with one attached hydrogen (secondary N) is 1. The van der Waals surface area contributed by atoms with Gasteiger partial charge in [-0.05, 0) is 25.0 Å². The molecule has 182 valence electrons. The monoisotopic (exact) mass is 493 g/mol. The summed E-state index contributed by atoms with van der Waals surface area (Å²) < 4.78 is 45.6. The average molecular weight is 494 g/mol. The molecule has 0 unspecified atom stereocenters. The van der Waals surface area contributed by atoms with Crippen LogP contribution in [0.4, 0.5) is 23.7 Å². The summed E-state index contributed by atoms with van der Waals surface area (Å²) in [5.74, 6) is -2.38. The Morgan fingerprint density at radius 1 is 1.15 bits per heavy atom. The number of amides is 3. The molecule has 1 aromatic carbocycles. The highest BCUT2D eigenvalue weighted by Crippen LogP contribution is 2.21. The molecule has 0 atom stereocenters. The zero-order valence-electron chi connectivity index (χ0n) is 17.7. The fourth-order valence-electron chi connectivity index (χ4n) is 2.95. The summed E-state index contributed by atoms with van der Waals surface area (Å²) in [5.41, 5.74) is 0.394. The zero-order chi connectivity index (χ0) is 24.6. The number of piperidine rings is 1. The van der Waals surface area contributed by atoms with Gasteiger partial charge >= 0.3 is 18.2 Å². The molecule has 33 heavy (non-hydrogen) atoms. The van der Waals surface area contributed by atoms with Crippen LogP contribution in [0, 0.1) is 5.92 Å². The molecular weight excluding hydrogens is 471 g/mol. The lowest BCUT2D eigenvalue weighted by Crippen LogP contribution is -2.42. The molecule has 1 N–H and O–H groups in total. The first-order chi connectivity index (χ1) is 15.5. The molecule has 0 saturated carbocycles. The number of carbonyl (C=O) groups excluding carboxylic acids is 4. The molecule has 13 heteroatoms. The Kier molecular flexibility index (Phi) is 9.32. The summed E-state index contributed by atoms with van der Waals surface area (Å²) in [6, 6.07) is 6.59. The van der Waals surface area contributed by atoms with Gasteiger partial charge in [-0.15, -0.1) is 0 Å². The van der Waals surface area contributed by atoms with Crippen LogP contribution in [0.25, 0.3) is 0 Å². The molecule has 1 aliphatic heterocycles. The van der Waals surface area contributed by atoms with Crippen molar-refractivity contribution >= 4 is 41.2 Å². The van der Waals surface area contributed by atoms with Gasteiger partial charge in [0.05, 0.1) is 23.2 Å². The lowest BCUT2D eigenvalue weighted by molar-refractivity contribution is -0.163. The Labute approximate surface area is 192 Å². The van der Waals surface area contributed by atoms with E-state index in [4.69, 9.17) is 16.3 Å². The maximum Gasteiger partial charge on any atom is 0.422 e. The molecule has 0 radical (unpaired) electrons. The van der Waals surface area contributed by atoms with Gasteiger partial charge in [-0.2, -0.15) is 13.2 Å². The number of esters is 1. The molecule has 2 rings (SSSR count). The molecule has 0 aromatic heterocycles. The molecule has 1 saturated heterocycles. The Hall–Kier alpha value is -3.02. The molecule has 9 nitrogen and oxygen atoms in total. The van der Waals surface area contributed by atoms with Gasteiger partial charge < -0.3 is 24.6 Å². The Bertz CT molecular complexity index is 875. The summed E-state index contributed by atoms with van der Waals surface area (Å²) in [6.07, 6.45) is -5.41. The predicted octanol–water partition coefficient (Wildman–Crippen LogP) is 2.69. The van der Waals surface area contributed by atoms with Gasteiger partial charge in [0, 0.05) is 20.1 Å². The number of likely N-dealkylation sites (N-methyl/N-ethyl adjacent to an activating group) is 1. The van der Waals surface area contributed by atoms with Gasteiger partial charge in [-0.1, -0.05) is 23.7 Å². The first-order valence-electron chi connectivity index (χ1n) is 9.89. The van der Waals surface area contributed by atoms with Crippen molar-refractivity contribution in [3.8, 4) is 0 Å². The van der Waals surface area contributed by atoms with Crippen LogP contribution in [0.5, 0.6) is 0 Å². The number of hydrogen-bond acceptors (Lipinski definition) is 6. The Morgan fingerprint density at radius 3 is 2.39 bits per heavy atom. The number of anilines is 1. The summed E-state index contributed by atoms with van der Waals surface area (Å²) in [7, 11) is 1.37. The number of carbonyl (C=O) groups is 4. The van der Waals surface area contributed by atoms with E-state index in [-0.39, 0.29) is 32.5 Å². The van der Waals surface area contributed by atoms with Gasteiger partial charge in [0.25, 0.3) is 5.91 Å². The number of halogens is 4. The fraction of sp³-hybridized carbons (Fsp3) is 0.500. The second-order valence-corrected chi connectivity index (χ2v) is 7.72. The van der Waals surface area contributed by atoms with E-state index in [0.717, 1.165) is 9.80 Å². The van der Waals surface area contributed by atoms with Crippen LogP contribution < -0.4 is 5.32 Å². The molecule has 1 aromatic rings. The van der Waals surface area contributed by atoms with Gasteiger partial charge in [0.1, 0.15) is 0 Å². The highest BCUT2D eigenvalue weighted by atomic mass is 35.5. The van der Waals surface area contributed by atoms with Crippen LogP contribution in [-0.2, 0) is 23.9 Å². The van der Waals surface area contributed by atoms with E-state index >= 15 is 0 Å². The first-order valence-corrected chi connectivity index (χ1v) is 10.3. The lowest BCUT2D eigenvalue weighted by atomic mass is 9.97. The van der Waals surface area contributed by atoms with Crippen molar-refractivity contribution in [2.45, 2.75) is 19.0 Å². The van der Waals surface area contributed by atoms with Crippen LogP contribution in [-0.4, -0.2) is 79.7 Å². The van der Waals surface area contributed by atoms with Crippen LogP contribution in [0.3, 0.4) is 0 Å². The van der Waals surface area contributed by atoms with E-state index in [1.807, 2.05) is 0 Å². The SMILES string of the molecule is CN(CC(=O)Nc1ccccc1Cl)C(=O)COC(=O)C1CCN(C(=O)OCC(F)(F)F)CC1. The van der Waals surface area contributed by atoms with Crippen LogP contribution in [0.2, 0.25) is 5.02 Å². The Balaban J connectivity index is 1.70. The summed E-state index contributed by atoms with van der Waals surface area (Å²) >= 11 is 5.96. The zero-order valence-corrected chi connectivity index (χ0v) is 18.4. The van der Waals surface area contributed by atoms with Gasteiger partial charge in [-0.25, -0.2) is 4.79 Å². The number of hydrogen-bond donors (Lipinski definition) is 1. The van der Waals surface area contributed by atoms with Crippen molar-refractivity contribution < 1.29 is 41.8 Å². The van der Waals surface area contributed by atoms with E-state index in [2.05, 4.69) is 10.1 Å². The minimum absolute atomic E-state index is 0.0204. The number of para-hydroxylation sites is 1.